The molecular formula is C26H24ClF3N4O5. The van der Waals surface area contributed by atoms with E-state index < -0.39 is 41.4 Å². The Labute approximate surface area is 226 Å². The molecule has 1 aliphatic rings. The summed E-state index contributed by atoms with van der Waals surface area (Å²) in [5.41, 5.74) is -0.213. The summed E-state index contributed by atoms with van der Waals surface area (Å²) in [6.07, 6.45) is -4.27. The highest BCUT2D eigenvalue weighted by Crippen LogP contribution is 2.43. The van der Waals surface area contributed by atoms with E-state index in [9.17, 15) is 28.2 Å². The third-order valence-electron chi connectivity index (χ3n) is 6.48. The zero-order valence-corrected chi connectivity index (χ0v) is 21.2. The first-order chi connectivity index (χ1) is 18.2. The van der Waals surface area contributed by atoms with Crippen LogP contribution < -0.4 is 0 Å². The van der Waals surface area contributed by atoms with E-state index in [0.717, 1.165) is 6.42 Å². The molecule has 2 atom stereocenters. The molecule has 0 spiro atoms. The Morgan fingerprint density at radius 1 is 1.05 bits per heavy atom. The molecule has 39 heavy (non-hydrogen) atoms. The maximum atomic E-state index is 13.9. The lowest BCUT2D eigenvalue weighted by molar-refractivity contribution is -0.143. The molecule has 0 aliphatic carbocycles. The van der Waals surface area contributed by atoms with Gasteiger partial charge in [-0.3, -0.25) is 9.69 Å². The topological polar surface area (TPSA) is 126 Å². The number of likely N-dealkylation sites (tertiary alicyclic amines) is 1. The molecule has 13 heteroatoms. The van der Waals surface area contributed by atoms with E-state index in [1.54, 1.807) is 42.5 Å². The number of β-amino-alcohol motifs (C(OH)–C–C–N with tert-alkyl or cyclic N) is 1. The summed E-state index contributed by atoms with van der Waals surface area (Å²) in [5.74, 6) is -2.39. The quantitative estimate of drug-likeness (QED) is 0.306. The molecule has 9 nitrogen and oxygen atoms in total. The van der Waals surface area contributed by atoms with Crippen LogP contribution >= 0.6 is 12.4 Å². The van der Waals surface area contributed by atoms with Gasteiger partial charge in [0.2, 0.25) is 11.6 Å². The standard InChI is InChI=1S/C26H23F3N4O5.ClH/c27-26(28,29)20-21(16-5-2-1-3-6-16)31-37-22(20)24-30-23(32-38-24)17-10-8-15(9-11-17)19(34)14-33-12-4-7-18(13-33)25(35)36;/h1-3,5-6,8-11,18-19,34H,4,7,12-14H2,(H,35,36);1H/t18-,19+;/m0./s1. The number of nitrogens with zero attached hydrogens (tertiary/aromatic N) is 4. The fourth-order valence-corrected chi connectivity index (χ4v) is 4.55. The fraction of sp³-hybridized carbons (Fsp3) is 0.308. The Kier molecular flexibility index (Phi) is 8.38. The number of rotatable bonds is 7. The molecule has 3 heterocycles. The Morgan fingerprint density at radius 2 is 1.77 bits per heavy atom. The third-order valence-corrected chi connectivity index (χ3v) is 6.48. The number of aliphatic hydroxyl groups is 1. The van der Waals surface area contributed by atoms with Gasteiger partial charge in [-0.25, -0.2) is 0 Å². The summed E-state index contributed by atoms with van der Waals surface area (Å²) < 4.78 is 52.0. The zero-order valence-electron chi connectivity index (χ0n) is 20.3. The summed E-state index contributed by atoms with van der Waals surface area (Å²) in [6, 6.07) is 14.4. The van der Waals surface area contributed by atoms with Crippen LogP contribution in [0, 0.1) is 5.92 Å². The van der Waals surface area contributed by atoms with Gasteiger partial charge in [-0.15, -0.1) is 12.4 Å². The number of aliphatic hydroxyl groups excluding tert-OH is 1. The highest BCUT2D eigenvalue weighted by Gasteiger charge is 2.43. The van der Waals surface area contributed by atoms with E-state index >= 15 is 0 Å². The molecule has 1 saturated heterocycles. The Balaban J connectivity index is 0.00000353. The van der Waals surface area contributed by atoms with Crippen molar-refractivity contribution < 1.29 is 37.2 Å². The van der Waals surface area contributed by atoms with Gasteiger partial charge >= 0.3 is 12.1 Å². The molecule has 2 aromatic heterocycles. The Hall–Kier alpha value is -3.74. The summed E-state index contributed by atoms with van der Waals surface area (Å²) in [7, 11) is 0. The highest BCUT2D eigenvalue weighted by atomic mass is 35.5. The molecule has 206 valence electrons. The number of alkyl halides is 3. The molecule has 0 bridgehead atoms. The van der Waals surface area contributed by atoms with Gasteiger partial charge in [-0.1, -0.05) is 64.9 Å². The van der Waals surface area contributed by atoms with Gasteiger partial charge in [0.1, 0.15) is 11.3 Å². The number of halogens is 4. The number of carbonyl (C=O) groups is 1. The molecule has 0 radical (unpaired) electrons. The second-order valence-corrected chi connectivity index (χ2v) is 9.10. The van der Waals surface area contributed by atoms with Gasteiger partial charge in [0.25, 0.3) is 5.89 Å². The van der Waals surface area contributed by atoms with Crippen LogP contribution in [0.25, 0.3) is 34.3 Å². The van der Waals surface area contributed by atoms with Gasteiger partial charge in [0, 0.05) is 24.2 Å². The van der Waals surface area contributed by atoms with Crippen LogP contribution in [-0.2, 0) is 11.0 Å². The molecule has 1 fully saturated rings. The van der Waals surface area contributed by atoms with Crippen molar-refractivity contribution in [3.63, 3.8) is 0 Å². The highest BCUT2D eigenvalue weighted by molar-refractivity contribution is 5.85. The number of carboxylic acids is 1. The monoisotopic (exact) mass is 564 g/mol. The molecular weight excluding hydrogens is 541 g/mol. The second-order valence-electron chi connectivity index (χ2n) is 9.10. The van der Waals surface area contributed by atoms with Gasteiger partial charge in [0.15, 0.2) is 0 Å². The average molecular weight is 565 g/mol. The molecule has 2 aromatic carbocycles. The van der Waals surface area contributed by atoms with Crippen molar-refractivity contribution in [1.82, 2.24) is 20.2 Å². The van der Waals surface area contributed by atoms with Crippen molar-refractivity contribution >= 4 is 18.4 Å². The SMILES string of the molecule is Cl.O=C(O)[C@H]1CCCN(C[C@@H](O)c2ccc(-c3noc(-c4onc(-c5ccccc5)c4C(F)(F)F)n3)cc2)C1. The maximum absolute atomic E-state index is 13.9. The molecule has 4 aromatic rings. The summed E-state index contributed by atoms with van der Waals surface area (Å²) in [5, 5.41) is 27.3. The number of aromatic nitrogens is 3. The number of hydrogen-bond acceptors (Lipinski definition) is 8. The third kappa shape index (κ3) is 6.13. The lowest BCUT2D eigenvalue weighted by Gasteiger charge is -2.32. The lowest BCUT2D eigenvalue weighted by Crippen LogP contribution is -2.40. The minimum atomic E-state index is -4.79. The first-order valence-corrected chi connectivity index (χ1v) is 11.9. The maximum Gasteiger partial charge on any atom is 0.422 e. The first kappa shape index (κ1) is 28.3. The molecule has 0 saturated carbocycles. The molecule has 2 N–H and O–H groups in total. The minimum absolute atomic E-state index is 0. The van der Waals surface area contributed by atoms with Gasteiger partial charge in [-0.05, 0) is 24.9 Å². The predicted molar refractivity (Wildman–Crippen MR) is 135 cm³/mol. The number of carboxylic acid groups (broad SMARTS) is 1. The van der Waals surface area contributed by atoms with Crippen molar-refractivity contribution in [1.29, 1.82) is 0 Å². The Bertz CT molecular complexity index is 1410. The van der Waals surface area contributed by atoms with Crippen LogP contribution in [0.3, 0.4) is 0 Å². The van der Waals surface area contributed by atoms with E-state index in [4.69, 9.17) is 9.05 Å². The minimum Gasteiger partial charge on any atom is -0.481 e. The van der Waals surface area contributed by atoms with E-state index in [0.29, 0.717) is 30.6 Å². The van der Waals surface area contributed by atoms with Crippen LogP contribution in [0.4, 0.5) is 13.2 Å². The summed E-state index contributed by atoms with van der Waals surface area (Å²) in [6.45, 7) is 1.37. The lowest BCUT2D eigenvalue weighted by atomic mass is 9.97. The van der Waals surface area contributed by atoms with Crippen molar-refractivity contribution in [2.24, 2.45) is 5.92 Å². The van der Waals surface area contributed by atoms with Crippen molar-refractivity contribution in [3.05, 3.63) is 65.7 Å². The number of hydrogen-bond donors (Lipinski definition) is 2. The van der Waals surface area contributed by atoms with Crippen molar-refractivity contribution in [2.45, 2.75) is 25.1 Å². The van der Waals surface area contributed by atoms with Crippen LogP contribution in [-0.4, -0.2) is 56.0 Å². The van der Waals surface area contributed by atoms with Crippen LogP contribution in [0.2, 0.25) is 0 Å². The van der Waals surface area contributed by atoms with E-state index in [1.807, 2.05) is 4.90 Å². The van der Waals surface area contributed by atoms with Gasteiger partial charge in [0.05, 0.1) is 12.0 Å². The van der Waals surface area contributed by atoms with Crippen LogP contribution in [0.5, 0.6) is 0 Å². The van der Waals surface area contributed by atoms with E-state index in [1.165, 1.54) is 12.1 Å². The average Bonchev–Trinajstić information content (AvgIpc) is 3.57. The summed E-state index contributed by atoms with van der Waals surface area (Å²) in [4.78, 5) is 17.3. The second kappa shape index (κ2) is 11.6. The summed E-state index contributed by atoms with van der Waals surface area (Å²) >= 11 is 0. The fourth-order valence-electron chi connectivity index (χ4n) is 4.55. The molecule has 5 rings (SSSR count). The van der Waals surface area contributed by atoms with E-state index in [-0.39, 0.29) is 36.0 Å². The van der Waals surface area contributed by atoms with Crippen LogP contribution in [0.1, 0.15) is 30.1 Å². The van der Waals surface area contributed by atoms with E-state index in [2.05, 4.69) is 15.3 Å². The van der Waals surface area contributed by atoms with Crippen molar-refractivity contribution in [2.75, 3.05) is 19.6 Å². The normalized spacial score (nSPS) is 17.0. The first-order valence-electron chi connectivity index (χ1n) is 11.9. The number of benzene rings is 2. The van der Waals surface area contributed by atoms with Gasteiger partial charge in [-0.2, -0.15) is 18.2 Å². The van der Waals surface area contributed by atoms with Crippen molar-refractivity contribution in [3.8, 4) is 34.3 Å². The molecule has 0 amide bonds. The largest absolute Gasteiger partial charge is 0.481 e. The predicted octanol–water partition coefficient (Wildman–Crippen LogP) is 5.33. The molecule has 1 aliphatic heterocycles. The molecule has 0 unspecified atom stereocenters. The van der Waals surface area contributed by atoms with Gasteiger partial charge < -0.3 is 19.3 Å². The Morgan fingerprint density at radius 3 is 2.44 bits per heavy atom. The zero-order chi connectivity index (χ0) is 26.9. The number of aliphatic carboxylic acids is 1. The number of piperidine rings is 1. The van der Waals surface area contributed by atoms with Crippen LogP contribution in [0.15, 0.2) is 63.6 Å². The smallest absolute Gasteiger partial charge is 0.422 e.